The Hall–Kier alpha value is -2.47. The van der Waals surface area contributed by atoms with E-state index in [4.69, 9.17) is 0 Å². The first-order chi connectivity index (χ1) is 13.0. The Morgan fingerprint density at radius 1 is 1.11 bits per heavy atom. The summed E-state index contributed by atoms with van der Waals surface area (Å²) < 4.78 is 14.0. The van der Waals surface area contributed by atoms with Crippen molar-refractivity contribution in [3.63, 3.8) is 0 Å². The number of carbonyl (C=O) groups excluding carboxylic acids is 2. The second kappa shape index (κ2) is 7.27. The molecular weight excluding hydrogens is 411 g/mol. The number of ketones is 1. The van der Waals surface area contributed by atoms with Crippen molar-refractivity contribution in [2.24, 2.45) is 0 Å². The quantitative estimate of drug-likeness (QED) is 0.616. The van der Waals surface area contributed by atoms with E-state index in [9.17, 15) is 14.0 Å². The van der Waals surface area contributed by atoms with E-state index in [0.717, 1.165) is 27.4 Å². The molecule has 1 aliphatic heterocycles. The Morgan fingerprint density at radius 2 is 1.89 bits per heavy atom. The lowest BCUT2D eigenvalue weighted by molar-refractivity contribution is -0.132. The highest BCUT2D eigenvalue weighted by Crippen LogP contribution is 2.32. The summed E-state index contributed by atoms with van der Waals surface area (Å²) in [6.45, 7) is 1.19. The number of benzene rings is 2. The molecule has 0 radical (unpaired) electrons. The number of hydrogen-bond acceptors (Lipinski definition) is 2. The van der Waals surface area contributed by atoms with Crippen LogP contribution in [0.5, 0.6) is 0 Å². The number of carbonyl (C=O) groups is 2. The molecule has 3 aromatic rings. The van der Waals surface area contributed by atoms with Gasteiger partial charge in [0.15, 0.2) is 5.78 Å². The van der Waals surface area contributed by atoms with Gasteiger partial charge in [-0.15, -0.1) is 0 Å². The maximum Gasteiger partial charge on any atom is 0.223 e. The number of nitrogens with zero attached hydrogens (tertiary/aromatic N) is 1. The van der Waals surface area contributed by atoms with Crippen LogP contribution in [-0.2, 0) is 17.8 Å². The normalized spacial score (nSPS) is 13.6. The third-order valence-corrected chi connectivity index (χ3v) is 5.71. The molecule has 2 heterocycles. The molecule has 1 amide bonds. The zero-order valence-corrected chi connectivity index (χ0v) is 16.2. The van der Waals surface area contributed by atoms with Crippen molar-refractivity contribution in [2.75, 3.05) is 6.54 Å². The average molecular weight is 429 g/mol. The molecule has 0 fully saturated rings. The van der Waals surface area contributed by atoms with Gasteiger partial charge in [0.1, 0.15) is 5.82 Å². The SMILES string of the molecule is O=C(CCC(=O)N1CCc2[nH]c3c(Br)cccc3c2C1)c1ccc(F)cc1. The van der Waals surface area contributed by atoms with Gasteiger partial charge in [0.05, 0.1) is 5.52 Å². The van der Waals surface area contributed by atoms with Gasteiger partial charge in [0.2, 0.25) is 5.91 Å². The van der Waals surface area contributed by atoms with E-state index >= 15 is 0 Å². The van der Waals surface area contributed by atoms with Crippen LogP contribution in [0.3, 0.4) is 0 Å². The molecule has 4 rings (SSSR count). The molecule has 0 saturated heterocycles. The largest absolute Gasteiger partial charge is 0.357 e. The standard InChI is InChI=1S/C21H18BrFN2O2/c22-17-3-1-2-15-16-12-25(11-10-18(16)24-21(15)17)20(27)9-8-19(26)13-4-6-14(23)7-5-13/h1-7,24H,8-12H2. The van der Waals surface area contributed by atoms with Crippen molar-refractivity contribution in [1.82, 2.24) is 9.88 Å². The number of fused-ring (bicyclic) bond motifs is 3. The molecule has 0 spiro atoms. The van der Waals surface area contributed by atoms with E-state index in [1.54, 1.807) is 0 Å². The number of Topliss-reactive ketones (excluding diaryl/α,β-unsaturated/α-hetero) is 1. The summed E-state index contributed by atoms with van der Waals surface area (Å²) in [5, 5.41) is 1.12. The van der Waals surface area contributed by atoms with Crippen LogP contribution in [0.15, 0.2) is 46.9 Å². The van der Waals surface area contributed by atoms with Gasteiger partial charge in [-0.25, -0.2) is 4.39 Å². The first-order valence-electron chi connectivity index (χ1n) is 8.87. The van der Waals surface area contributed by atoms with Crippen LogP contribution in [0, 0.1) is 5.82 Å². The highest BCUT2D eigenvalue weighted by Gasteiger charge is 2.24. The Bertz CT molecular complexity index is 1030. The number of amides is 1. The number of hydrogen-bond donors (Lipinski definition) is 1. The summed E-state index contributed by atoms with van der Waals surface area (Å²) in [7, 11) is 0. The Labute approximate surface area is 164 Å². The molecule has 0 bridgehead atoms. The summed E-state index contributed by atoms with van der Waals surface area (Å²) in [5.74, 6) is -0.547. The van der Waals surface area contributed by atoms with Gasteiger partial charge in [-0.05, 0) is 46.3 Å². The topological polar surface area (TPSA) is 53.2 Å². The fourth-order valence-corrected chi connectivity index (χ4v) is 4.04. The molecule has 27 heavy (non-hydrogen) atoms. The van der Waals surface area contributed by atoms with Gasteiger partial charge >= 0.3 is 0 Å². The van der Waals surface area contributed by atoms with Crippen LogP contribution >= 0.6 is 15.9 Å². The fourth-order valence-electron chi connectivity index (χ4n) is 3.57. The molecule has 0 aliphatic carbocycles. The maximum absolute atomic E-state index is 13.0. The van der Waals surface area contributed by atoms with Crippen molar-refractivity contribution in [1.29, 1.82) is 0 Å². The maximum atomic E-state index is 13.0. The monoisotopic (exact) mass is 428 g/mol. The van der Waals surface area contributed by atoms with Gasteiger partial charge < -0.3 is 9.88 Å². The lowest BCUT2D eigenvalue weighted by Gasteiger charge is -2.27. The van der Waals surface area contributed by atoms with E-state index in [1.165, 1.54) is 30.0 Å². The number of halogens is 2. The predicted octanol–water partition coefficient (Wildman–Crippen LogP) is 4.62. The van der Waals surface area contributed by atoms with Crippen molar-refractivity contribution < 1.29 is 14.0 Å². The molecular formula is C21H18BrFN2O2. The zero-order valence-electron chi connectivity index (χ0n) is 14.6. The van der Waals surface area contributed by atoms with E-state index in [2.05, 4.69) is 27.0 Å². The van der Waals surface area contributed by atoms with Crippen molar-refractivity contribution in [3.05, 3.63) is 69.6 Å². The van der Waals surface area contributed by atoms with Gasteiger partial charge in [0.25, 0.3) is 0 Å². The van der Waals surface area contributed by atoms with E-state index in [0.29, 0.717) is 18.7 Å². The summed E-state index contributed by atoms with van der Waals surface area (Å²) in [6, 6.07) is 11.5. The Morgan fingerprint density at radius 3 is 2.67 bits per heavy atom. The number of aromatic amines is 1. The van der Waals surface area contributed by atoms with Gasteiger partial charge in [0, 0.05) is 59.0 Å². The molecule has 1 N–H and O–H groups in total. The predicted molar refractivity (Wildman–Crippen MR) is 105 cm³/mol. The summed E-state index contributed by atoms with van der Waals surface area (Å²) in [4.78, 5) is 30.1. The third-order valence-electron chi connectivity index (χ3n) is 5.04. The highest BCUT2D eigenvalue weighted by molar-refractivity contribution is 9.10. The highest BCUT2D eigenvalue weighted by atomic mass is 79.9. The minimum Gasteiger partial charge on any atom is -0.357 e. The zero-order chi connectivity index (χ0) is 19.0. The third kappa shape index (κ3) is 3.54. The second-order valence-electron chi connectivity index (χ2n) is 6.74. The lowest BCUT2D eigenvalue weighted by Crippen LogP contribution is -2.35. The minimum atomic E-state index is -0.378. The van der Waals surface area contributed by atoms with Crippen LogP contribution in [0.1, 0.15) is 34.5 Å². The molecule has 6 heteroatoms. The number of para-hydroxylation sites is 1. The van der Waals surface area contributed by atoms with E-state index in [-0.39, 0.29) is 30.3 Å². The minimum absolute atomic E-state index is 0.0274. The lowest BCUT2D eigenvalue weighted by atomic mass is 10.0. The van der Waals surface area contributed by atoms with Crippen LogP contribution in [0.2, 0.25) is 0 Å². The Kier molecular flexibility index (Phi) is 4.83. The molecule has 0 atom stereocenters. The Balaban J connectivity index is 1.43. The van der Waals surface area contributed by atoms with Gasteiger partial charge in [-0.2, -0.15) is 0 Å². The first-order valence-corrected chi connectivity index (χ1v) is 9.66. The number of nitrogens with one attached hydrogen (secondary N) is 1. The summed E-state index contributed by atoms with van der Waals surface area (Å²) in [6.07, 6.45) is 1.07. The van der Waals surface area contributed by atoms with Crippen molar-refractivity contribution in [3.8, 4) is 0 Å². The molecule has 0 unspecified atom stereocenters. The van der Waals surface area contributed by atoms with Crippen LogP contribution in [0.25, 0.3) is 10.9 Å². The van der Waals surface area contributed by atoms with Crippen LogP contribution in [-0.4, -0.2) is 28.1 Å². The number of H-pyrrole nitrogens is 1. The second-order valence-corrected chi connectivity index (χ2v) is 7.59. The van der Waals surface area contributed by atoms with Crippen LogP contribution in [0.4, 0.5) is 4.39 Å². The molecule has 138 valence electrons. The average Bonchev–Trinajstić information content (AvgIpc) is 3.06. The number of aromatic nitrogens is 1. The fraction of sp³-hybridized carbons (Fsp3) is 0.238. The van der Waals surface area contributed by atoms with Crippen molar-refractivity contribution >= 4 is 38.5 Å². The molecule has 4 nitrogen and oxygen atoms in total. The molecule has 1 aromatic heterocycles. The summed E-state index contributed by atoms with van der Waals surface area (Å²) >= 11 is 3.56. The molecule has 0 saturated carbocycles. The first kappa shape index (κ1) is 17.9. The van der Waals surface area contributed by atoms with Gasteiger partial charge in [-0.3, -0.25) is 9.59 Å². The molecule has 2 aromatic carbocycles. The van der Waals surface area contributed by atoms with E-state index < -0.39 is 0 Å². The van der Waals surface area contributed by atoms with Crippen molar-refractivity contribution in [2.45, 2.75) is 25.8 Å². The summed E-state index contributed by atoms with van der Waals surface area (Å²) in [5.41, 5.74) is 3.81. The van der Waals surface area contributed by atoms with Crippen LogP contribution < -0.4 is 0 Å². The number of rotatable bonds is 4. The molecule has 1 aliphatic rings. The smallest absolute Gasteiger partial charge is 0.223 e. The van der Waals surface area contributed by atoms with Gasteiger partial charge in [-0.1, -0.05) is 12.1 Å². The van der Waals surface area contributed by atoms with E-state index in [1.807, 2.05) is 17.0 Å².